The molecule has 1 amide bonds. The number of hydrogen-bond donors (Lipinski definition) is 1. The average Bonchev–Trinajstić information content (AvgIpc) is 3.11. The van der Waals surface area contributed by atoms with Crippen molar-refractivity contribution in [3.63, 3.8) is 0 Å². The molecule has 0 radical (unpaired) electrons. The first-order chi connectivity index (χ1) is 10.7. The Hall–Kier alpha value is -2.49. The van der Waals surface area contributed by atoms with E-state index in [9.17, 15) is 4.79 Å². The highest BCUT2D eigenvalue weighted by molar-refractivity contribution is 6.06. The van der Waals surface area contributed by atoms with Gasteiger partial charge in [0.05, 0.1) is 5.56 Å². The third-order valence-electron chi connectivity index (χ3n) is 4.53. The zero-order chi connectivity index (χ0) is 15.1. The van der Waals surface area contributed by atoms with Crippen LogP contribution in [-0.4, -0.2) is 15.0 Å². The lowest BCUT2D eigenvalue weighted by Crippen LogP contribution is -2.17. The number of nitrogens with one attached hydrogen (secondary N) is 1. The molecule has 1 aromatic carbocycles. The molecule has 1 aliphatic heterocycles. The van der Waals surface area contributed by atoms with E-state index < -0.39 is 0 Å². The van der Waals surface area contributed by atoms with Crippen LogP contribution >= 0.6 is 0 Å². The molecular weight excluding hydrogens is 274 g/mol. The number of aromatic nitrogens is 2. The monoisotopic (exact) mass is 293 g/mol. The van der Waals surface area contributed by atoms with Crippen LogP contribution in [0, 0.1) is 0 Å². The van der Waals surface area contributed by atoms with E-state index in [1.807, 2.05) is 43.7 Å². The van der Waals surface area contributed by atoms with Crippen molar-refractivity contribution in [1.82, 2.24) is 9.13 Å². The number of nitrogens with zero attached hydrogens (tertiary/aromatic N) is 2. The van der Waals surface area contributed by atoms with Gasteiger partial charge in [0, 0.05) is 48.3 Å². The second-order valence-electron chi connectivity index (χ2n) is 5.98. The molecule has 0 aliphatic carbocycles. The molecule has 0 spiro atoms. The third kappa shape index (κ3) is 2.11. The lowest BCUT2D eigenvalue weighted by atomic mass is 10.1. The molecule has 3 heterocycles. The molecule has 1 aliphatic rings. The fraction of sp³-hybridized carbons (Fsp3) is 0.278. The first kappa shape index (κ1) is 13.2. The van der Waals surface area contributed by atoms with Crippen molar-refractivity contribution in [1.29, 1.82) is 0 Å². The van der Waals surface area contributed by atoms with E-state index in [2.05, 4.69) is 20.5 Å². The number of hydrogen-bond acceptors (Lipinski definition) is 1. The summed E-state index contributed by atoms with van der Waals surface area (Å²) < 4.78 is 4.28. The molecule has 0 atom stereocenters. The number of carbonyl (C=O) groups is 1. The van der Waals surface area contributed by atoms with Gasteiger partial charge in [0.25, 0.3) is 5.91 Å². The predicted octanol–water partition coefficient (Wildman–Crippen LogP) is 3.57. The summed E-state index contributed by atoms with van der Waals surface area (Å²) in [5, 5.41) is 4.17. The van der Waals surface area contributed by atoms with Gasteiger partial charge in [-0.05, 0) is 49.6 Å². The third-order valence-corrected chi connectivity index (χ3v) is 4.53. The Labute approximate surface area is 129 Å². The number of benzene rings is 1. The summed E-state index contributed by atoms with van der Waals surface area (Å²) in [6.07, 6.45) is 7.42. The van der Waals surface area contributed by atoms with Gasteiger partial charge in [-0.1, -0.05) is 0 Å². The number of fused-ring (bicyclic) bond motifs is 2. The summed E-state index contributed by atoms with van der Waals surface area (Å²) in [4.78, 5) is 12.6. The summed E-state index contributed by atoms with van der Waals surface area (Å²) in [7, 11) is 2.02. The quantitative estimate of drug-likeness (QED) is 0.771. The Morgan fingerprint density at radius 3 is 2.95 bits per heavy atom. The van der Waals surface area contributed by atoms with Crippen LogP contribution in [0.25, 0.3) is 10.9 Å². The number of anilines is 1. The van der Waals surface area contributed by atoms with E-state index in [1.165, 1.54) is 24.1 Å². The van der Waals surface area contributed by atoms with Crippen molar-refractivity contribution in [3.8, 4) is 0 Å². The molecule has 0 unspecified atom stereocenters. The SMILES string of the molecule is Cn1ccc2cc(NC(=O)c3ccn4c3CCCC4)ccc21. The standard InChI is InChI=1S/C18H19N3O/c1-20-10-7-13-12-14(5-6-16(13)20)19-18(22)15-8-11-21-9-3-2-4-17(15)21/h5-8,10-12H,2-4,9H2,1H3,(H,19,22). The van der Waals surface area contributed by atoms with Crippen LogP contribution in [0.5, 0.6) is 0 Å². The van der Waals surface area contributed by atoms with Gasteiger partial charge in [-0.2, -0.15) is 0 Å². The number of aryl methyl sites for hydroxylation is 2. The Bertz CT molecular complexity index is 856. The molecule has 22 heavy (non-hydrogen) atoms. The molecule has 4 rings (SSSR count). The van der Waals surface area contributed by atoms with Crippen LogP contribution in [-0.2, 0) is 20.0 Å². The molecule has 4 heteroatoms. The minimum Gasteiger partial charge on any atom is -0.351 e. The van der Waals surface area contributed by atoms with Crippen molar-refractivity contribution >= 4 is 22.5 Å². The minimum absolute atomic E-state index is 0.00840. The summed E-state index contributed by atoms with van der Waals surface area (Å²) in [5.74, 6) is -0.00840. The molecular formula is C18H19N3O. The van der Waals surface area contributed by atoms with E-state index in [-0.39, 0.29) is 5.91 Å². The van der Waals surface area contributed by atoms with Crippen LogP contribution in [0.4, 0.5) is 5.69 Å². The molecule has 4 nitrogen and oxygen atoms in total. The van der Waals surface area contributed by atoms with Crippen LogP contribution in [0.15, 0.2) is 42.7 Å². The highest BCUT2D eigenvalue weighted by Crippen LogP contribution is 2.23. The normalized spacial score (nSPS) is 14.0. The maximum Gasteiger partial charge on any atom is 0.257 e. The van der Waals surface area contributed by atoms with Gasteiger partial charge < -0.3 is 14.5 Å². The largest absolute Gasteiger partial charge is 0.351 e. The second kappa shape index (κ2) is 5.05. The number of carbonyl (C=O) groups excluding carboxylic acids is 1. The topological polar surface area (TPSA) is 39.0 Å². The van der Waals surface area contributed by atoms with Gasteiger partial charge in [0.1, 0.15) is 0 Å². The smallest absolute Gasteiger partial charge is 0.257 e. The van der Waals surface area contributed by atoms with E-state index >= 15 is 0 Å². The van der Waals surface area contributed by atoms with E-state index in [0.29, 0.717) is 0 Å². The fourth-order valence-electron chi connectivity index (χ4n) is 3.33. The summed E-state index contributed by atoms with van der Waals surface area (Å²) in [6.45, 7) is 1.03. The lowest BCUT2D eigenvalue weighted by Gasteiger charge is -2.16. The van der Waals surface area contributed by atoms with Crippen LogP contribution < -0.4 is 5.32 Å². The summed E-state index contributed by atoms with van der Waals surface area (Å²) >= 11 is 0. The van der Waals surface area contributed by atoms with Crippen LogP contribution in [0.1, 0.15) is 28.9 Å². The van der Waals surface area contributed by atoms with Crippen molar-refractivity contribution in [2.24, 2.45) is 7.05 Å². The maximum absolute atomic E-state index is 12.6. The molecule has 112 valence electrons. The van der Waals surface area contributed by atoms with Gasteiger partial charge in [0.15, 0.2) is 0 Å². The lowest BCUT2D eigenvalue weighted by molar-refractivity contribution is 0.102. The van der Waals surface area contributed by atoms with Crippen LogP contribution in [0.3, 0.4) is 0 Å². The van der Waals surface area contributed by atoms with Crippen molar-refractivity contribution in [2.45, 2.75) is 25.8 Å². The first-order valence-electron chi connectivity index (χ1n) is 7.77. The van der Waals surface area contributed by atoms with Crippen molar-refractivity contribution in [2.75, 3.05) is 5.32 Å². The summed E-state index contributed by atoms with van der Waals surface area (Å²) in [6, 6.07) is 10.0. The fourth-order valence-corrected chi connectivity index (χ4v) is 3.33. The second-order valence-corrected chi connectivity index (χ2v) is 5.98. The van der Waals surface area contributed by atoms with Gasteiger partial charge in [-0.25, -0.2) is 0 Å². The van der Waals surface area contributed by atoms with E-state index in [1.54, 1.807) is 0 Å². The molecule has 0 fully saturated rings. The zero-order valence-corrected chi connectivity index (χ0v) is 12.7. The molecule has 0 saturated heterocycles. The Balaban J connectivity index is 1.61. The van der Waals surface area contributed by atoms with Gasteiger partial charge in [-0.3, -0.25) is 4.79 Å². The number of amides is 1. The molecule has 1 N–H and O–H groups in total. The van der Waals surface area contributed by atoms with Crippen LogP contribution in [0.2, 0.25) is 0 Å². The molecule has 3 aromatic rings. The van der Waals surface area contributed by atoms with E-state index in [0.717, 1.165) is 29.6 Å². The van der Waals surface area contributed by atoms with Gasteiger partial charge in [-0.15, -0.1) is 0 Å². The van der Waals surface area contributed by atoms with E-state index in [4.69, 9.17) is 0 Å². The average molecular weight is 293 g/mol. The highest BCUT2D eigenvalue weighted by Gasteiger charge is 2.18. The van der Waals surface area contributed by atoms with Crippen molar-refractivity contribution < 1.29 is 4.79 Å². The van der Waals surface area contributed by atoms with Gasteiger partial charge in [0.2, 0.25) is 0 Å². The predicted molar refractivity (Wildman–Crippen MR) is 88.2 cm³/mol. The maximum atomic E-state index is 12.6. The minimum atomic E-state index is -0.00840. The van der Waals surface area contributed by atoms with Crippen molar-refractivity contribution in [3.05, 3.63) is 54.0 Å². The first-order valence-corrected chi connectivity index (χ1v) is 7.77. The van der Waals surface area contributed by atoms with Gasteiger partial charge >= 0.3 is 0 Å². The molecule has 2 aromatic heterocycles. The molecule has 0 bridgehead atoms. The summed E-state index contributed by atoms with van der Waals surface area (Å²) in [5.41, 5.74) is 4.00. The zero-order valence-electron chi connectivity index (χ0n) is 12.7. The number of rotatable bonds is 2. The molecule has 0 saturated carbocycles. The Kier molecular flexibility index (Phi) is 3.03. The Morgan fingerprint density at radius 1 is 1.14 bits per heavy atom. The Morgan fingerprint density at radius 2 is 2.05 bits per heavy atom. The highest BCUT2D eigenvalue weighted by atomic mass is 16.1.